The Bertz CT molecular complexity index is 954. The Labute approximate surface area is 165 Å². The van der Waals surface area contributed by atoms with Crippen LogP contribution in [0.15, 0.2) is 52.0 Å². The Balaban J connectivity index is 1.95. The number of carbonyl (C=O) groups is 1. The molecule has 26 heavy (non-hydrogen) atoms. The highest BCUT2D eigenvalue weighted by atomic mass is 79.9. The third kappa shape index (κ3) is 2.51. The van der Waals surface area contributed by atoms with Gasteiger partial charge in [0, 0.05) is 14.9 Å². The summed E-state index contributed by atoms with van der Waals surface area (Å²) in [4.78, 5) is 13.1. The van der Waals surface area contributed by atoms with E-state index in [0.29, 0.717) is 27.9 Å². The number of carbonyl (C=O) groups excluding carboxylic acids is 1. The van der Waals surface area contributed by atoms with E-state index >= 15 is 0 Å². The summed E-state index contributed by atoms with van der Waals surface area (Å²) in [6, 6.07) is 12.8. The minimum atomic E-state index is -1.40. The molecule has 1 amide bonds. The van der Waals surface area contributed by atoms with Crippen LogP contribution in [0.4, 0.5) is 11.4 Å². The van der Waals surface area contributed by atoms with Gasteiger partial charge in [-0.1, -0.05) is 54.4 Å². The number of ether oxygens (including phenoxy) is 1. The van der Waals surface area contributed by atoms with Crippen molar-refractivity contribution in [3.05, 3.63) is 57.5 Å². The van der Waals surface area contributed by atoms with E-state index in [9.17, 15) is 4.79 Å². The molecule has 2 aromatic carbocycles. The van der Waals surface area contributed by atoms with Crippen molar-refractivity contribution >= 4 is 50.7 Å². The molecule has 1 spiro atoms. The molecule has 0 fully saturated rings. The van der Waals surface area contributed by atoms with Gasteiger partial charge in [0.05, 0.1) is 16.9 Å². The predicted octanol–water partition coefficient (Wildman–Crippen LogP) is 5.10. The molecule has 1 N–H and O–H groups in total. The number of benzene rings is 2. The van der Waals surface area contributed by atoms with Gasteiger partial charge in [0.15, 0.2) is 0 Å². The van der Waals surface area contributed by atoms with Gasteiger partial charge < -0.3 is 10.1 Å². The van der Waals surface area contributed by atoms with E-state index in [1.165, 1.54) is 0 Å². The molecule has 2 aliphatic rings. The molecule has 0 saturated carbocycles. The molecule has 1 atom stereocenters. The molecule has 7 heteroatoms. The molecule has 134 valence electrons. The molecule has 2 heterocycles. The van der Waals surface area contributed by atoms with Crippen molar-refractivity contribution in [3.63, 3.8) is 0 Å². The number of amides is 1. The number of nitrogens with zero attached hydrogens (tertiary/aromatic N) is 2. The summed E-state index contributed by atoms with van der Waals surface area (Å²) in [7, 11) is 0. The third-order valence-corrected chi connectivity index (χ3v) is 5.06. The summed E-state index contributed by atoms with van der Waals surface area (Å²) >= 11 is 9.67. The average molecular weight is 435 g/mol. The topological polar surface area (TPSA) is 53.9 Å². The van der Waals surface area contributed by atoms with Crippen LogP contribution in [0, 0.1) is 5.41 Å². The van der Waals surface area contributed by atoms with Crippen LogP contribution in [0.2, 0.25) is 5.02 Å². The van der Waals surface area contributed by atoms with E-state index < -0.39 is 5.72 Å². The van der Waals surface area contributed by atoms with Crippen molar-refractivity contribution < 1.29 is 9.53 Å². The second-order valence-corrected chi connectivity index (χ2v) is 8.69. The van der Waals surface area contributed by atoms with Crippen molar-refractivity contribution in [1.29, 1.82) is 0 Å². The van der Waals surface area contributed by atoms with Crippen LogP contribution in [0.1, 0.15) is 26.3 Å². The zero-order chi connectivity index (χ0) is 18.7. The molecule has 2 aromatic rings. The van der Waals surface area contributed by atoms with Gasteiger partial charge in [-0.2, -0.15) is 0 Å². The Morgan fingerprint density at radius 3 is 2.69 bits per heavy atom. The number of hydrogen-bond acceptors (Lipinski definition) is 4. The molecule has 5 nitrogen and oxygen atoms in total. The van der Waals surface area contributed by atoms with Gasteiger partial charge in [-0.05, 0) is 36.4 Å². The first-order chi connectivity index (χ1) is 12.2. The van der Waals surface area contributed by atoms with Gasteiger partial charge in [-0.25, -0.2) is 5.01 Å². The second kappa shape index (κ2) is 5.72. The minimum Gasteiger partial charge on any atom is -0.437 e. The van der Waals surface area contributed by atoms with Crippen molar-refractivity contribution in [1.82, 2.24) is 0 Å². The first-order valence-corrected chi connectivity index (χ1v) is 9.34. The van der Waals surface area contributed by atoms with Crippen molar-refractivity contribution in [2.24, 2.45) is 10.5 Å². The van der Waals surface area contributed by atoms with Crippen LogP contribution >= 0.6 is 27.5 Å². The molecular formula is C19H17BrClN3O2. The fraction of sp³-hybridized carbons (Fsp3) is 0.263. The van der Waals surface area contributed by atoms with E-state index in [4.69, 9.17) is 16.3 Å². The SMILES string of the molecule is CC(C)(C)C1=NN(c2cccc(Cl)c2)C2(O1)C(=O)Nc1ccc(Br)cc12. The van der Waals surface area contributed by atoms with Crippen LogP contribution < -0.4 is 10.3 Å². The number of fused-ring (bicyclic) bond motifs is 2. The van der Waals surface area contributed by atoms with E-state index in [2.05, 4.69) is 26.3 Å². The van der Waals surface area contributed by atoms with Crippen molar-refractivity contribution in [2.75, 3.05) is 10.3 Å². The fourth-order valence-corrected chi connectivity index (χ4v) is 3.61. The molecular weight excluding hydrogens is 418 g/mol. The maximum absolute atomic E-state index is 13.1. The van der Waals surface area contributed by atoms with Crippen molar-refractivity contribution in [2.45, 2.75) is 26.5 Å². The maximum atomic E-state index is 13.1. The maximum Gasteiger partial charge on any atom is 0.311 e. The van der Waals surface area contributed by atoms with E-state index in [1.807, 2.05) is 51.1 Å². The summed E-state index contributed by atoms with van der Waals surface area (Å²) in [5, 5.41) is 9.77. The smallest absolute Gasteiger partial charge is 0.311 e. The first kappa shape index (κ1) is 17.4. The summed E-state index contributed by atoms with van der Waals surface area (Å²) in [5.74, 6) is 0.203. The lowest BCUT2D eigenvalue weighted by atomic mass is 9.96. The molecule has 4 rings (SSSR count). The van der Waals surface area contributed by atoms with Gasteiger partial charge in [-0.15, -0.1) is 5.10 Å². The van der Waals surface area contributed by atoms with Crippen molar-refractivity contribution in [3.8, 4) is 0 Å². The molecule has 0 bridgehead atoms. The van der Waals surface area contributed by atoms with Gasteiger partial charge in [0.1, 0.15) is 0 Å². The highest BCUT2D eigenvalue weighted by Crippen LogP contribution is 2.49. The Morgan fingerprint density at radius 2 is 2.00 bits per heavy atom. The first-order valence-electron chi connectivity index (χ1n) is 8.17. The fourth-order valence-electron chi connectivity index (χ4n) is 3.06. The van der Waals surface area contributed by atoms with Gasteiger partial charge in [0.2, 0.25) is 5.90 Å². The number of nitrogens with one attached hydrogen (secondary N) is 1. The zero-order valence-corrected chi connectivity index (χ0v) is 16.9. The molecule has 0 radical (unpaired) electrons. The summed E-state index contributed by atoms with van der Waals surface area (Å²) in [5.41, 5.74) is 0.331. The van der Waals surface area contributed by atoms with Crippen LogP contribution in [0.3, 0.4) is 0 Å². The monoisotopic (exact) mass is 433 g/mol. The Morgan fingerprint density at radius 1 is 1.23 bits per heavy atom. The van der Waals surface area contributed by atoms with Gasteiger partial charge >= 0.3 is 5.72 Å². The lowest BCUT2D eigenvalue weighted by Gasteiger charge is -2.31. The Kier molecular flexibility index (Phi) is 3.82. The lowest BCUT2D eigenvalue weighted by molar-refractivity contribution is -0.130. The highest BCUT2D eigenvalue weighted by Gasteiger charge is 2.60. The summed E-state index contributed by atoms with van der Waals surface area (Å²) in [6.07, 6.45) is 0. The quantitative estimate of drug-likeness (QED) is 0.679. The third-order valence-electron chi connectivity index (χ3n) is 4.33. The van der Waals surface area contributed by atoms with Crippen LogP contribution in [0.25, 0.3) is 0 Å². The van der Waals surface area contributed by atoms with Crippen LogP contribution in [0.5, 0.6) is 0 Å². The molecule has 1 unspecified atom stereocenters. The summed E-state index contributed by atoms with van der Waals surface area (Å²) in [6.45, 7) is 5.99. The zero-order valence-electron chi connectivity index (χ0n) is 14.5. The summed E-state index contributed by atoms with van der Waals surface area (Å²) < 4.78 is 7.13. The Hall–Kier alpha value is -2.05. The number of hydrogen-bond donors (Lipinski definition) is 1. The second-order valence-electron chi connectivity index (χ2n) is 7.34. The normalized spacial score (nSPS) is 21.5. The average Bonchev–Trinajstić information content (AvgIpc) is 3.09. The van der Waals surface area contributed by atoms with Crippen LogP contribution in [-0.2, 0) is 15.3 Å². The van der Waals surface area contributed by atoms with E-state index in [0.717, 1.165) is 4.47 Å². The number of rotatable bonds is 1. The molecule has 0 saturated heterocycles. The van der Waals surface area contributed by atoms with Gasteiger partial charge in [0.25, 0.3) is 5.91 Å². The lowest BCUT2D eigenvalue weighted by Crippen LogP contribution is -2.48. The molecule has 0 aromatic heterocycles. The molecule has 2 aliphatic heterocycles. The van der Waals surface area contributed by atoms with E-state index in [-0.39, 0.29) is 11.3 Å². The highest BCUT2D eigenvalue weighted by molar-refractivity contribution is 9.10. The standard InChI is InChI=1S/C19H17BrClN3O2/c1-18(2,3)17-23-24(13-6-4-5-12(21)10-13)19(26-17)14-9-11(20)7-8-15(14)22-16(19)25/h4-10H,1-3H3,(H,22,25). The number of halogens is 2. The predicted molar refractivity (Wildman–Crippen MR) is 106 cm³/mol. The minimum absolute atomic E-state index is 0.284. The number of anilines is 2. The largest absolute Gasteiger partial charge is 0.437 e. The van der Waals surface area contributed by atoms with E-state index in [1.54, 1.807) is 17.1 Å². The number of hydrazone groups is 1. The van der Waals surface area contributed by atoms with Gasteiger partial charge in [-0.3, -0.25) is 4.79 Å². The molecule has 0 aliphatic carbocycles. The van der Waals surface area contributed by atoms with Crippen LogP contribution in [-0.4, -0.2) is 11.8 Å².